The predicted molar refractivity (Wildman–Crippen MR) is 50.6 cm³/mol. The van der Waals surface area contributed by atoms with Crippen LogP contribution in [0.25, 0.3) is 0 Å². The van der Waals surface area contributed by atoms with Gasteiger partial charge in [0.15, 0.2) is 0 Å². The molecule has 0 amide bonds. The maximum atomic E-state index is 3.09. The van der Waals surface area contributed by atoms with E-state index in [4.69, 9.17) is 0 Å². The van der Waals surface area contributed by atoms with E-state index < -0.39 is 0 Å². The summed E-state index contributed by atoms with van der Waals surface area (Å²) in [4.78, 5) is 4.85. The lowest BCUT2D eigenvalue weighted by Crippen LogP contribution is -2.44. The van der Waals surface area contributed by atoms with Crippen molar-refractivity contribution in [2.45, 2.75) is 0 Å². The maximum Gasteiger partial charge on any atom is 0.0591 e. The van der Waals surface area contributed by atoms with E-state index in [9.17, 15) is 0 Å². The minimum absolute atomic E-state index is 1.12. The standard InChI is InChI=1S/C7H17N3S/c1-8-11-7-10-5-3-9(2)4-6-10/h8H,3-7H2,1-2H3. The minimum Gasteiger partial charge on any atom is -0.304 e. The van der Waals surface area contributed by atoms with E-state index in [1.807, 2.05) is 7.05 Å². The molecule has 1 fully saturated rings. The third-order valence-corrected chi connectivity index (χ3v) is 2.77. The Labute approximate surface area is 73.3 Å². The normalized spacial score (nSPS) is 22.4. The van der Waals surface area contributed by atoms with Crippen LogP contribution in [0.3, 0.4) is 0 Å². The van der Waals surface area contributed by atoms with Gasteiger partial charge in [-0.25, -0.2) is 0 Å². The van der Waals surface area contributed by atoms with E-state index in [0.29, 0.717) is 0 Å². The Morgan fingerprint density at radius 3 is 2.45 bits per heavy atom. The summed E-state index contributed by atoms with van der Waals surface area (Å²) in [7, 11) is 4.16. The highest BCUT2D eigenvalue weighted by atomic mass is 32.2. The van der Waals surface area contributed by atoms with Gasteiger partial charge in [0.05, 0.1) is 5.88 Å². The molecule has 0 atom stereocenters. The summed E-state index contributed by atoms with van der Waals surface area (Å²) in [6.45, 7) is 4.85. The molecule has 1 rings (SSSR count). The van der Waals surface area contributed by atoms with Crippen molar-refractivity contribution in [3.05, 3.63) is 0 Å². The van der Waals surface area contributed by atoms with E-state index in [1.165, 1.54) is 26.2 Å². The Balaban J connectivity index is 2.07. The Morgan fingerprint density at radius 1 is 1.27 bits per heavy atom. The molecule has 4 heteroatoms. The average Bonchev–Trinajstić information content (AvgIpc) is 2.04. The summed E-state index contributed by atoms with van der Waals surface area (Å²) < 4.78 is 3.09. The van der Waals surface area contributed by atoms with Gasteiger partial charge in [0.25, 0.3) is 0 Å². The molecule has 0 aliphatic carbocycles. The first-order valence-corrected chi connectivity index (χ1v) is 5.01. The first kappa shape index (κ1) is 9.32. The number of rotatable bonds is 3. The fourth-order valence-corrected chi connectivity index (χ4v) is 1.70. The zero-order chi connectivity index (χ0) is 8.10. The first-order chi connectivity index (χ1) is 5.33. The molecule has 1 aliphatic rings. The predicted octanol–water partition coefficient (Wildman–Crippen LogP) is 0.0589. The molecule has 1 N–H and O–H groups in total. The molecule has 0 spiro atoms. The SMILES string of the molecule is CNSCN1CCN(C)CC1. The van der Waals surface area contributed by atoms with Gasteiger partial charge in [-0.1, -0.05) is 11.9 Å². The van der Waals surface area contributed by atoms with E-state index in [1.54, 1.807) is 11.9 Å². The van der Waals surface area contributed by atoms with Crippen LogP contribution in [-0.2, 0) is 0 Å². The van der Waals surface area contributed by atoms with Crippen molar-refractivity contribution in [2.75, 3.05) is 46.2 Å². The largest absolute Gasteiger partial charge is 0.304 e. The van der Waals surface area contributed by atoms with Gasteiger partial charge in [-0.2, -0.15) is 0 Å². The molecule has 11 heavy (non-hydrogen) atoms. The van der Waals surface area contributed by atoms with Gasteiger partial charge < -0.3 is 4.90 Å². The van der Waals surface area contributed by atoms with E-state index in [0.717, 1.165) is 5.88 Å². The van der Waals surface area contributed by atoms with E-state index in [-0.39, 0.29) is 0 Å². The van der Waals surface area contributed by atoms with Crippen LogP contribution in [-0.4, -0.2) is 56.0 Å². The molecule has 66 valence electrons. The molecule has 3 nitrogen and oxygen atoms in total. The second-order valence-corrected chi connectivity index (χ2v) is 3.85. The maximum absolute atomic E-state index is 3.09. The topological polar surface area (TPSA) is 18.5 Å². The van der Waals surface area contributed by atoms with Crippen molar-refractivity contribution in [3.63, 3.8) is 0 Å². The van der Waals surface area contributed by atoms with Crippen molar-refractivity contribution in [1.29, 1.82) is 0 Å². The number of likely N-dealkylation sites (N-methyl/N-ethyl adjacent to an activating group) is 1. The average molecular weight is 175 g/mol. The molecule has 0 aromatic heterocycles. The fraction of sp³-hybridized carbons (Fsp3) is 1.00. The second-order valence-electron chi connectivity index (χ2n) is 2.90. The zero-order valence-corrected chi connectivity index (χ0v) is 8.15. The summed E-state index contributed by atoms with van der Waals surface area (Å²) >= 11 is 1.77. The monoisotopic (exact) mass is 175 g/mol. The first-order valence-electron chi connectivity index (χ1n) is 4.02. The highest BCUT2D eigenvalue weighted by Gasteiger charge is 2.12. The van der Waals surface area contributed by atoms with Crippen LogP contribution in [0.2, 0.25) is 0 Å². The van der Waals surface area contributed by atoms with Crippen LogP contribution < -0.4 is 4.72 Å². The Morgan fingerprint density at radius 2 is 1.91 bits per heavy atom. The molecule has 0 aromatic rings. The second kappa shape index (κ2) is 4.98. The van der Waals surface area contributed by atoms with Crippen molar-refractivity contribution in [1.82, 2.24) is 14.5 Å². The van der Waals surface area contributed by atoms with E-state index >= 15 is 0 Å². The van der Waals surface area contributed by atoms with Gasteiger partial charge in [-0.15, -0.1) is 0 Å². The summed E-state index contributed by atoms with van der Waals surface area (Å²) in [5, 5.41) is 0. The van der Waals surface area contributed by atoms with Gasteiger partial charge in [0, 0.05) is 26.2 Å². The van der Waals surface area contributed by atoms with Gasteiger partial charge in [0.2, 0.25) is 0 Å². The van der Waals surface area contributed by atoms with Crippen molar-refractivity contribution >= 4 is 11.9 Å². The third-order valence-electron chi connectivity index (χ3n) is 1.99. The van der Waals surface area contributed by atoms with Crippen LogP contribution in [0.5, 0.6) is 0 Å². The lowest BCUT2D eigenvalue weighted by molar-refractivity contribution is 0.174. The number of piperazine rings is 1. The molecule has 0 aromatic carbocycles. The number of nitrogens with zero attached hydrogens (tertiary/aromatic N) is 2. The van der Waals surface area contributed by atoms with Gasteiger partial charge >= 0.3 is 0 Å². The highest BCUT2D eigenvalue weighted by Crippen LogP contribution is 2.03. The Kier molecular flexibility index (Phi) is 4.22. The molecular weight excluding hydrogens is 158 g/mol. The quantitative estimate of drug-likeness (QED) is 0.611. The summed E-state index contributed by atoms with van der Waals surface area (Å²) in [6.07, 6.45) is 0. The van der Waals surface area contributed by atoms with Crippen LogP contribution in [0.4, 0.5) is 0 Å². The fourth-order valence-electron chi connectivity index (χ4n) is 1.13. The minimum atomic E-state index is 1.12. The molecule has 1 heterocycles. The van der Waals surface area contributed by atoms with Crippen LogP contribution >= 0.6 is 11.9 Å². The molecule has 1 aliphatic heterocycles. The van der Waals surface area contributed by atoms with E-state index in [2.05, 4.69) is 21.6 Å². The lowest BCUT2D eigenvalue weighted by Gasteiger charge is -2.31. The van der Waals surface area contributed by atoms with Crippen molar-refractivity contribution in [2.24, 2.45) is 0 Å². The number of nitrogens with one attached hydrogen (secondary N) is 1. The molecule has 0 bridgehead atoms. The lowest BCUT2D eigenvalue weighted by atomic mass is 10.4. The smallest absolute Gasteiger partial charge is 0.0591 e. The van der Waals surface area contributed by atoms with Crippen LogP contribution in [0.15, 0.2) is 0 Å². The molecular formula is C7H17N3S. The van der Waals surface area contributed by atoms with Crippen molar-refractivity contribution < 1.29 is 0 Å². The van der Waals surface area contributed by atoms with Gasteiger partial charge in [-0.3, -0.25) is 9.62 Å². The molecule has 0 saturated carbocycles. The van der Waals surface area contributed by atoms with Crippen molar-refractivity contribution in [3.8, 4) is 0 Å². The molecule has 1 saturated heterocycles. The number of hydrogen-bond donors (Lipinski definition) is 1. The van der Waals surface area contributed by atoms with Gasteiger partial charge in [-0.05, 0) is 14.1 Å². The Hall–Kier alpha value is 0.230. The summed E-state index contributed by atoms with van der Waals surface area (Å²) in [6, 6.07) is 0. The summed E-state index contributed by atoms with van der Waals surface area (Å²) in [5.41, 5.74) is 0. The molecule has 0 unspecified atom stereocenters. The summed E-state index contributed by atoms with van der Waals surface area (Å²) in [5.74, 6) is 1.12. The van der Waals surface area contributed by atoms with Crippen LogP contribution in [0.1, 0.15) is 0 Å². The highest BCUT2D eigenvalue weighted by molar-refractivity contribution is 7.97. The molecule has 0 radical (unpaired) electrons. The zero-order valence-electron chi connectivity index (χ0n) is 7.34. The van der Waals surface area contributed by atoms with Gasteiger partial charge in [0.1, 0.15) is 0 Å². The Bertz CT molecular complexity index is 99.1. The number of hydrogen-bond acceptors (Lipinski definition) is 4. The third kappa shape index (κ3) is 3.42. The van der Waals surface area contributed by atoms with Crippen LogP contribution in [0, 0.1) is 0 Å².